The van der Waals surface area contributed by atoms with Crippen LogP contribution in [-0.4, -0.2) is 31.2 Å². The Morgan fingerprint density at radius 3 is 2.43 bits per heavy atom. The molecule has 5 heteroatoms. The highest BCUT2D eigenvalue weighted by molar-refractivity contribution is 5.94. The third-order valence-electron chi connectivity index (χ3n) is 7.24. The van der Waals surface area contributed by atoms with Gasteiger partial charge in [-0.15, -0.1) is 0 Å². The molecule has 1 aliphatic carbocycles. The summed E-state index contributed by atoms with van der Waals surface area (Å²) in [4.78, 5) is 12.9. The molecule has 0 spiro atoms. The lowest BCUT2D eigenvalue weighted by Crippen LogP contribution is -2.25. The molecule has 190 valence electrons. The zero-order valence-corrected chi connectivity index (χ0v) is 21.8. The quantitative estimate of drug-likeness (QED) is 0.315. The number of rotatable bonds is 8. The maximum absolute atomic E-state index is 12.9. The lowest BCUT2D eigenvalue weighted by Gasteiger charge is -2.21. The highest BCUT2D eigenvalue weighted by atomic mass is 16.5. The average Bonchev–Trinajstić information content (AvgIpc) is 3.32. The molecule has 0 aliphatic heterocycles. The molecule has 0 saturated heterocycles. The summed E-state index contributed by atoms with van der Waals surface area (Å²) in [6, 6.07) is 26.7. The standard InChI is InChI=1S/C32H34N2O3/c1-22-9-15-28-26(19-22)21-29(24-7-5-4-6-8-24)34(28)27-13-11-25(12-14-27)32(35)33-18-17-23-10-16-30(36-2)31(20-23)37-3/h4-8,10-14,16,20-22H,9,15,17-19H2,1-3H3,(H,33,35). The Morgan fingerprint density at radius 1 is 0.946 bits per heavy atom. The number of carbonyl (C=O) groups excluding carboxylic acids is 1. The van der Waals surface area contributed by atoms with Gasteiger partial charge < -0.3 is 19.4 Å². The van der Waals surface area contributed by atoms with Crippen LogP contribution in [0.4, 0.5) is 0 Å². The number of nitrogens with zero attached hydrogens (tertiary/aromatic N) is 1. The second kappa shape index (κ2) is 11.0. The number of hydrogen-bond acceptors (Lipinski definition) is 3. The van der Waals surface area contributed by atoms with Gasteiger partial charge in [-0.25, -0.2) is 0 Å². The zero-order chi connectivity index (χ0) is 25.8. The van der Waals surface area contributed by atoms with Gasteiger partial charge >= 0.3 is 0 Å². The van der Waals surface area contributed by atoms with Gasteiger partial charge in [0.1, 0.15) is 0 Å². The van der Waals surface area contributed by atoms with Crippen molar-refractivity contribution in [3.05, 3.63) is 101 Å². The minimum atomic E-state index is -0.0707. The van der Waals surface area contributed by atoms with Gasteiger partial charge in [0.15, 0.2) is 11.5 Å². The minimum absolute atomic E-state index is 0.0707. The molecule has 0 bridgehead atoms. The number of methoxy groups -OCH3 is 2. The summed E-state index contributed by atoms with van der Waals surface area (Å²) < 4.78 is 13.1. The minimum Gasteiger partial charge on any atom is -0.493 e. The zero-order valence-electron chi connectivity index (χ0n) is 21.8. The Balaban J connectivity index is 1.32. The van der Waals surface area contributed by atoms with Gasteiger partial charge in [0, 0.05) is 23.5 Å². The van der Waals surface area contributed by atoms with Gasteiger partial charge in [-0.3, -0.25) is 4.79 Å². The van der Waals surface area contributed by atoms with Gasteiger partial charge in [0.25, 0.3) is 5.91 Å². The molecule has 0 saturated carbocycles. The van der Waals surface area contributed by atoms with Crippen molar-refractivity contribution in [2.75, 3.05) is 20.8 Å². The van der Waals surface area contributed by atoms with Crippen LogP contribution in [0, 0.1) is 5.92 Å². The molecule has 4 aromatic rings. The van der Waals surface area contributed by atoms with Crippen LogP contribution in [0.3, 0.4) is 0 Å². The van der Waals surface area contributed by atoms with Gasteiger partial charge in [0.05, 0.1) is 19.9 Å². The summed E-state index contributed by atoms with van der Waals surface area (Å²) in [5.41, 5.74) is 8.09. The first-order valence-electron chi connectivity index (χ1n) is 13.0. The molecule has 0 radical (unpaired) electrons. The molecular weight excluding hydrogens is 460 g/mol. The van der Waals surface area contributed by atoms with E-state index in [4.69, 9.17) is 9.47 Å². The van der Waals surface area contributed by atoms with E-state index in [2.05, 4.69) is 65.3 Å². The Bertz CT molecular complexity index is 1370. The van der Waals surface area contributed by atoms with E-state index in [-0.39, 0.29) is 5.91 Å². The molecule has 1 aliphatic rings. The fourth-order valence-electron chi connectivity index (χ4n) is 5.25. The summed E-state index contributed by atoms with van der Waals surface area (Å²) in [6.45, 7) is 2.87. The van der Waals surface area contributed by atoms with Crippen LogP contribution in [0.15, 0.2) is 78.9 Å². The van der Waals surface area contributed by atoms with Crippen molar-refractivity contribution < 1.29 is 14.3 Å². The number of hydrogen-bond donors (Lipinski definition) is 1. The van der Waals surface area contributed by atoms with E-state index in [1.807, 2.05) is 30.3 Å². The van der Waals surface area contributed by atoms with E-state index in [1.165, 1.54) is 28.9 Å². The molecular formula is C32H34N2O3. The Kier molecular flexibility index (Phi) is 7.31. The molecule has 3 aromatic carbocycles. The van der Waals surface area contributed by atoms with Crippen LogP contribution in [0.25, 0.3) is 16.9 Å². The number of fused-ring (bicyclic) bond motifs is 1. The highest BCUT2D eigenvalue weighted by Gasteiger charge is 2.23. The fourth-order valence-corrected chi connectivity index (χ4v) is 5.25. The SMILES string of the molecule is COc1ccc(CCNC(=O)c2ccc(-n3c(-c4ccccc4)cc4c3CCC(C)C4)cc2)cc1OC. The predicted octanol–water partition coefficient (Wildman–Crippen LogP) is 6.26. The van der Waals surface area contributed by atoms with E-state index in [0.29, 0.717) is 35.9 Å². The van der Waals surface area contributed by atoms with Crippen LogP contribution in [0.1, 0.15) is 40.5 Å². The molecule has 5 rings (SSSR count). The van der Waals surface area contributed by atoms with Gasteiger partial charge in [-0.1, -0.05) is 43.3 Å². The van der Waals surface area contributed by atoms with Crippen LogP contribution >= 0.6 is 0 Å². The van der Waals surface area contributed by atoms with Crippen molar-refractivity contribution in [2.45, 2.75) is 32.6 Å². The average molecular weight is 495 g/mol. The summed E-state index contributed by atoms with van der Waals surface area (Å²) in [5, 5.41) is 3.04. The number of aromatic nitrogens is 1. The van der Waals surface area contributed by atoms with Crippen molar-refractivity contribution in [1.29, 1.82) is 0 Å². The molecule has 1 unspecified atom stereocenters. The maximum Gasteiger partial charge on any atom is 0.251 e. The number of benzene rings is 3. The number of carbonyl (C=O) groups is 1. The molecule has 5 nitrogen and oxygen atoms in total. The van der Waals surface area contributed by atoms with Crippen molar-refractivity contribution in [3.8, 4) is 28.4 Å². The number of amides is 1. The number of ether oxygens (including phenoxy) is 2. The van der Waals surface area contributed by atoms with Crippen molar-refractivity contribution in [3.63, 3.8) is 0 Å². The van der Waals surface area contributed by atoms with Gasteiger partial charge in [-0.2, -0.15) is 0 Å². The van der Waals surface area contributed by atoms with E-state index in [0.717, 1.165) is 24.1 Å². The normalized spacial score (nSPS) is 14.6. The highest BCUT2D eigenvalue weighted by Crippen LogP contribution is 2.35. The second-order valence-corrected chi connectivity index (χ2v) is 9.79. The number of nitrogens with one attached hydrogen (secondary N) is 1. The third-order valence-corrected chi connectivity index (χ3v) is 7.24. The largest absolute Gasteiger partial charge is 0.493 e. The van der Waals surface area contributed by atoms with E-state index >= 15 is 0 Å². The van der Waals surface area contributed by atoms with Gasteiger partial charge in [-0.05, 0) is 90.8 Å². The molecule has 1 N–H and O–H groups in total. The van der Waals surface area contributed by atoms with Crippen LogP contribution in [0.2, 0.25) is 0 Å². The molecule has 37 heavy (non-hydrogen) atoms. The first-order valence-corrected chi connectivity index (χ1v) is 13.0. The molecule has 1 aromatic heterocycles. The van der Waals surface area contributed by atoms with E-state index in [1.54, 1.807) is 14.2 Å². The molecule has 0 fully saturated rings. The molecule has 1 heterocycles. The van der Waals surface area contributed by atoms with Crippen molar-refractivity contribution >= 4 is 5.91 Å². The van der Waals surface area contributed by atoms with Crippen LogP contribution in [0.5, 0.6) is 11.5 Å². The maximum atomic E-state index is 12.9. The molecule has 1 amide bonds. The van der Waals surface area contributed by atoms with Crippen molar-refractivity contribution in [2.24, 2.45) is 5.92 Å². The Hall–Kier alpha value is -3.99. The van der Waals surface area contributed by atoms with Crippen LogP contribution < -0.4 is 14.8 Å². The Labute approximate surface area is 219 Å². The smallest absolute Gasteiger partial charge is 0.251 e. The summed E-state index contributed by atoms with van der Waals surface area (Å²) in [6.07, 6.45) is 4.09. The first kappa shape index (κ1) is 24.7. The lowest BCUT2D eigenvalue weighted by molar-refractivity contribution is 0.0954. The Morgan fingerprint density at radius 2 is 1.70 bits per heavy atom. The van der Waals surface area contributed by atoms with E-state index in [9.17, 15) is 4.79 Å². The fraction of sp³-hybridized carbons (Fsp3) is 0.281. The third kappa shape index (κ3) is 5.26. The van der Waals surface area contributed by atoms with Crippen LogP contribution in [-0.2, 0) is 19.3 Å². The lowest BCUT2D eigenvalue weighted by atomic mass is 9.89. The summed E-state index contributed by atoms with van der Waals surface area (Å²) >= 11 is 0. The summed E-state index contributed by atoms with van der Waals surface area (Å²) in [7, 11) is 3.25. The van der Waals surface area contributed by atoms with Crippen molar-refractivity contribution in [1.82, 2.24) is 9.88 Å². The summed E-state index contributed by atoms with van der Waals surface area (Å²) in [5.74, 6) is 2.03. The predicted molar refractivity (Wildman–Crippen MR) is 148 cm³/mol. The second-order valence-electron chi connectivity index (χ2n) is 9.79. The van der Waals surface area contributed by atoms with Gasteiger partial charge in [0.2, 0.25) is 0 Å². The monoisotopic (exact) mass is 494 g/mol. The molecule has 1 atom stereocenters. The van der Waals surface area contributed by atoms with E-state index < -0.39 is 0 Å². The topological polar surface area (TPSA) is 52.5 Å². The first-order chi connectivity index (χ1) is 18.1.